The van der Waals surface area contributed by atoms with Crippen molar-refractivity contribution >= 4 is 12.0 Å². The van der Waals surface area contributed by atoms with Crippen molar-refractivity contribution in [1.82, 2.24) is 10.2 Å². The van der Waals surface area contributed by atoms with Crippen LogP contribution in [0.1, 0.15) is 12.0 Å². The van der Waals surface area contributed by atoms with E-state index in [1.54, 1.807) is 7.05 Å². The molecule has 2 amide bonds. The summed E-state index contributed by atoms with van der Waals surface area (Å²) in [4.78, 5) is 24.4. The molecule has 0 aromatic heterocycles. The Labute approximate surface area is 117 Å². The second-order valence-electron chi connectivity index (χ2n) is 4.14. The van der Waals surface area contributed by atoms with Crippen molar-refractivity contribution in [2.45, 2.75) is 13.0 Å². The lowest BCUT2D eigenvalue weighted by Crippen LogP contribution is -2.38. The first-order valence-corrected chi connectivity index (χ1v) is 6.19. The molecule has 0 unspecified atom stereocenters. The average Bonchev–Trinajstić information content (AvgIpc) is 2.49. The van der Waals surface area contributed by atoms with Gasteiger partial charge in [-0.15, -0.1) is 0 Å². The minimum absolute atomic E-state index is 0.143. The zero-order valence-corrected chi connectivity index (χ0v) is 11.3. The predicted molar refractivity (Wildman–Crippen MR) is 72.5 cm³/mol. The first-order valence-electron chi connectivity index (χ1n) is 6.19. The number of ether oxygens (including phenoxy) is 1. The number of nitrogens with one attached hydrogen (secondary N) is 1. The van der Waals surface area contributed by atoms with Crippen LogP contribution in [0.15, 0.2) is 30.3 Å². The summed E-state index contributed by atoms with van der Waals surface area (Å²) in [5.74, 6) is -0.267. The molecule has 1 rings (SSSR count). The fraction of sp³-hybridized carbons (Fsp3) is 0.357. The number of alkyl carbamates (subject to hydrolysis) is 1. The first-order chi connectivity index (χ1) is 9.63. The Bertz CT molecular complexity index is 482. The number of carbonyl (C=O) groups excluding carboxylic acids is 2. The Hall–Kier alpha value is -2.55. The third-order valence-electron chi connectivity index (χ3n) is 2.58. The van der Waals surface area contributed by atoms with Gasteiger partial charge in [0.15, 0.2) is 0 Å². The number of hydrogen-bond donors (Lipinski definition) is 1. The second-order valence-corrected chi connectivity index (χ2v) is 4.14. The standard InChI is InChI=1S/C14H17N3O3/c1-17(9-5-8-15)13(18)10-16-14(19)20-11-12-6-3-2-4-7-12/h2-4,6-7H,5,9-11H2,1H3,(H,16,19). The molecule has 1 aromatic carbocycles. The quantitative estimate of drug-likeness (QED) is 0.848. The van der Waals surface area contributed by atoms with Gasteiger partial charge in [0.1, 0.15) is 13.2 Å². The molecule has 1 N–H and O–H groups in total. The van der Waals surface area contributed by atoms with Gasteiger partial charge < -0.3 is 15.0 Å². The predicted octanol–water partition coefficient (Wildman–Crippen LogP) is 1.28. The number of benzene rings is 1. The molecule has 20 heavy (non-hydrogen) atoms. The summed E-state index contributed by atoms with van der Waals surface area (Å²) >= 11 is 0. The summed E-state index contributed by atoms with van der Waals surface area (Å²) in [5, 5.41) is 10.8. The van der Waals surface area contributed by atoms with Gasteiger partial charge in [-0.05, 0) is 5.56 Å². The maximum Gasteiger partial charge on any atom is 0.407 e. The van der Waals surface area contributed by atoms with Crippen molar-refractivity contribution in [2.75, 3.05) is 20.1 Å². The molecule has 6 nitrogen and oxygen atoms in total. The molecule has 6 heteroatoms. The highest BCUT2D eigenvalue weighted by Crippen LogP contribution is 2.00. The zero-order chi connectivity index (χ0) is 14.8. The summed E-state index contributed by atoms with van der Waals surface area (Å²) in [6, 6.07) is 11.2. The Kier molecular flexibility index (Phi) is 6.62. The van der Waals surface area contributed by atoms with Crippen LogP contribution < -0.4 is 5.32 Å². The average molecular weight is 275 g/mol. The van der Waals surface area contributed by atoms with Gasteiger partial charge in [0.25, 0.3) is 0 Å². The molecule has 0 aliphatic heterocycles. The Morgan fingerprint density at radius 3 is 2.70 bits per heavy atom. The number of nitriles is 1. The lowest BCUT2D eigenvalue weighted by molar-refractivity contribution is -0.128. The maximum atomic E-state index is 11.6. The van der Waals surface area contributed by atoms with Crippen molar-refractivity contribution in [3.05, 3.63) is 35.9 Å². The monoisotopic (exact) mass is 275 g/mol. The van der Waals surface area contributed by atoms with Crippen molar-refractivity contribution in [3.8, 4) is 6.07 Å². The molecule has 1 aromatic rings. The summed E-state index contributed by atoms with van der Waals surface area (Å²) in [7, 11) is 1.58. The molecule has 0 spiro atoms. The van der Waals surface area contributed by atoms with Gasteiger partial charge in [-0.3, -0.25) is 4.79 Å². The Morgan fingerprint density at radius 1 is 1.35 bits per heavy atom. The van der Waals surface area contributed by atoms with E-state index < -0.39 is 6.09 Å². The lowest BCUT2D eigenvalue weighted by atomic mass is 10.2. The number of carbonyl (C=O) groups is 2. The minimum Gasteiger partial charge on any atom is -0.445 e. The lowest BCUT2D eigenvalue weighted by Gasteiger charge is -2.15. The van der Waals surface area contributed by atoms with E-state index in [1.807, 2.05) is 36.4 Å². The maximum absolute atomic E-state index is 11.6. The molecule has 0 saturated carbocycles. The van der Waals surface area contributed by atoms with Gasteiger partial charge in [0.2, 0.25) is 5.91 Å². The largest absolute Gasteiger partial charge is 0.445 e. The normalized spacial score (nSPS) is 9.40. The van der Waals surface area contributed by atoms with E-state index in [2.05, 4.69) is 5.32 Å². The van der Waals surface area contributed by atoms with Crippen LogP contribution in [-0.4, -0.2) is 37.0 Å². The molecule has 0 radical (unpaired) electrons. The van der Waals surface area contributed by atoms with E-state index in [-0.39, 0.29) is 25.5 Å². The fourth-order valence-corrected chi connectivity index (χ4v) is 1.40. The number of nitrogens with zero attached hydrogens (tertiary/aromatic N) is 2. The van der Waals surface area contributed by atoms with Crippen molar-refractivity contribution in [3.63, 3.8) is 0 Å². The number of hydrogen-bond acceptors (Lipinski definition) is 4. The smallest absolute Gasteiger partial charge is 0.407 e. The van der Waals surface area contributed by atoms with Gasteiger partial charge in [-0.2, -0.15) is 5.26 Å². The molecular formula is C14H17N3O3. The molecule has 0 atom stereocenters. The van der Waals surface area contributed by atoms with Gasteiger partial charge in [0.05, 0.1) is 12.5 Å². The van der Waals surface area contributed by atoms with E-state index in [1.165, 1.54) is 4.90 Å². The third-order valence-corrected chi connectivity index (χ3v) is 2.58. The van der Waals surface area contributed by atoms with Gasteiger partial charge >= 0.3 is 6.09 Å². The van der Waals surface area contributed by atoms with E-state index in [4.69, 9.17) is 10.00 Å². The highest BCUT2D eigenvalue weighted by molar-refractivity contribution is 5.82. The van der Waals surface area contributed by atoms with Crippen LogP contribution in [0.4, 0.5) is 4.79 Å². The van der Waals surface area contributed by atoms with E-state index >= 15 is 0 Å². The van der Waals surface area contributed by atoms with Gasteiger partial charge in [0, 0.05) is 13.6 Å². The van der Waals surface area contributed by atoms with Crippen molar-refractivity contribution in [1.29, 1.82) is 5.26 Å². The van der Waals surface area contributed by atoms with E-state index in [9.17, 15) is 9.59 Å². The first kappa shape index (κ1) is 15.5. The van der Waals surface area contributed by atoms with Gasteiger partial charge in [-0.1, -0.05) is 30.3 Å². The minimum atomic E-state index is -0.643. The number of amides is 2. The summed E-state index contributed by atoms with van der Waals surface area (Å²) in [6.45, 7) is 0.358. The third kappa shape index (κ3) is 5.87. The molecule has 0 bridgehead atoms. The van der Waals surface area contributed by atoms with Crippen LogP contribution in [0.3, 0.4) is 0 Å². The number of rotatable bonds is 6. The zero-order valence-electron chi connectivity index (χ0n) is 11.3. The molecule has 106 valence electrons. The van der Waals surface area contributed by atoms with E-state index in [0.717, 1.165) is 5.56 Å². The van der Waals surface area contributed by atoms with Crippen LogP contribution in [0.2, 0.25) is 0 Å². The van der Waals surface area contributed by atoms with Crippen molar-refractivity contribution in [2.24, 2.45) is 0 Å². The topological polar surface area (TPSA) is 82.4 Å². The molecule has 0 aliphatic rings. The molecule has 0 heterocycles. The van der Waals surface area contributed by atoms with E-state index in [0.29, 0.717) is 6.54 Å². The van der Waals surface area contributed by atoms with Crippen LogP contribution >= 0.6 is 0 Å². The second kappa shape index (κ2) is 8.53. The molecule has 0 fully saturated rings. The Morgan fingerprint density at radius 2 is 2.05 bits per heavy atom. The fourth-order valence-electron chi connectivity index (χ4n) is 1.40. The van der Waals surface area contributed by atoms with Crippen LogP contribution in [0.5, 0.6) is 0 Å². The van der Waals surface area contributed by atoms with Crippen LogP contribution in [0, 0.1) is 11.3 Å². The SMILES string of the molecule is CN(CCC#N)C(=O)CNC(=O)OCc1ccccc1. The van der Waals surface area contributed by atoms with Crippen LogP contribution in [0.25, 0.3) is 0 Å². The Balaban J connectivity index is 2.23. The highest BCUT2D eigenvalue weighted by Gasteiger charge is 2.10. The van der Waals surface area contributed by atoms with Crippen LogP contribution in [-0.2, 0) is 16.1 Å². The molecular weight excluding hydrogens is 258 g/mol. The summed E-state index contributed by atoms with van der Waals surface area (Å²) in [5.41, 5.74) is 0.875. The summed E-state index contributed by atoms with van der Waals surface area (Å²) < 4.78 is 4.97. The summed E-state index contributed by atoms with van der Waals surface area (Å²) in [6.07, 6.45) is -0.378. The molecule has 0 saturated heterocycles. The number of likely N-dealkylation sites (N-methyl/N-ethyl adjacent to an activating group) is 1. The van der Waals surface area contributed by atoms with Crippen molar-refractivity contribution < 1.29 is 14.3 Å². The van der Waals surface area contributed by atoms with Gasteiger partial charge in [-0.25, -0.2) is 4.79 Å². The highest BCUT2D eigenvalue weighted by atomic mass is 16.5. The molecule has 0 aliphatic carbocycles.